The standard InChI is InChI=1S/C16H32O3Si/c1-15(2,3)19-14(17)12-10-9-11-13-18-20(7,8)16(4,5)6/h9,11H,10,12-13H2,1-8H3/b11-9-. The fraction of sp³-hybridized carbons (Fsp3) is 0.812. The Kier molecular flexibility index (Phi) is 7.18. The van der Waals surface area contributed by atoms with Crippen molar-refractivity contribution in [3.63, 3.8) is 0 Å². The Labute approximate surface area is 125 Å². The monoisotopic (exact) mass is 300 g/mol. The SMILES string of the molecule is CC(C)(C)OC(=O)CC/C=C\CO[Si](C)(C)C(C)(C)C. The molecule has 0 amide bonds. The molecule has 0 aromatic carbocycles. The van der Waals surface area contributed by atoms with Gasteiger partial charge in [-0.1, -0.05) is 32.9 Å². The largest absolute Gasteiger partial charge is 0.460 e. The summed E-state index contributed by atoms with van der Waals surface area (Å²) in [5.41, 5.74) is -0.397. The van der Waals surface area contributed by atoms with E-state index in [1.54, 1.807) is 0 Å². The molecular weight excluding hydrogens is 268 g/mol. The van der Waals surface area contributed by atoms with Crippen LogP contribution < -0.4 is 0 Å². The number of hydrogen-bond acceptors (Lipinski definition) is 3. The first-order valence-corrected chi connectivity index (χ1v) is 10.3. The Bertz CT molecular complexity index is 333. The van der Waals surface area contributed by atoms with E-state index < -0.39 is 13.9 Å². The Balaban J connectivity index is 3.92. The van der Waals surface area contributed by atoms with Crippen LogP contribution in [0.15, 0.2) is 12.2 Å². The predicted molar refractivity (Wildman–Crippen MR) is 87.4 cm³/mol. The van der Waals surface area contributed by atoms with Crippen molar-refractivity contribution in [3.05, 3.63) is 12.2 Å². The van der Waals surface area contributed by atoms with Crippen molar-refractivity contribution in [2.75, 3.05) is 6.61 Å². The zero-order chi connectivity index (χ0) is 16.0. The van der Waals surface area contributed by atoms with Crippen LogP contribution >= 0.6 is 0 Å². The second-order valence-corrected chi connectivity index (χ2v) is 12.5. The first kappa shape index (κ1) is 19.4. The molecule has 0 aromatic heterocycles. The average molecular weight is 301 g/mol. The average Bonchev–Trinajstić information content (AvgIpc) is 2.18. The summed E-state index contributed by atoms with van der Waals surface area (Å²) < 4.78 is 11.3. The van der Waals surface area contributed by atoms with Gasteiger partial charge in [-0.3, -0.25) is 4.79 Å². The van der Waals surface area contributed by atoms with Crippen molar-refractivity contribution in [1.29, 1.82) is 0 Å². The number of allylic oxidation sites excluding steroid dienone is 1. The normalized spacial score (nSPS) is 13.8. The van der Waals surface area contributed by atoms with Gasteiger partial charge >= 0.3 is 5.97 Å². The van der Waals surface area contributed by atoms with E-state index >= 15 is 0 Å². The van der Waals surface area contributed by atoms with E-state index in [2.05, 4.69) is 33.9 Å². The smallest absolute Gasteiger partial charge is 0.306 e. The highest BCUT2D eigenvalue weighted by Crippen LogP contribution is 2.36. The van der Waals surface area contributed by atoms with Crippen molar-refractivity contribution in [1.82, 2.24) is 0 Å². The zero-order valence-corrected chi connectivity index (χ0v) is 15.5. The molecule has 118 valence electrons. The van der Waals surface area contributed by atoms with Gasteiger partial charge in [0.2, 0.25) is 0 Å². The summed E-state index contributed by atoms with van der Waals surface area (Å²) in [6.07, 6.45) is 5.13. The summed E-state index contributed by atoms with van der Waals surface area (Å²) in [5, 5.41) is 0.233. The van der Waals surface area contributed by atoms with Gasteiger partial charge in [0, 0.05) is 6.42 Å². The summed E-state index contributed by atoms with van der Waals surface area (Å²) >= 11 is 0. The summed E-state index contributed by atoms with van der Waals surface area (Å²) in [7, 11) is -1.66. The number of esters is 1. The molecule has 4 heteroatoms. The molecular formula is C16H32O3Si. The van der Waals surface area contributed by atoms with E-state index in [9.17, 15) is 4.79 Å². The lowest BCUT2D eigenvalue weighted by molar-refractivity contribution is -0.154. The highest BCUT2D eigenvalue weighted by molar-refractivity contribution is 6.74. The van der Waals surface area contributed by atoms with E-state index in [1.165, 1.54) is 0 Å². The molecule has 0 N–H and O–H groups in total. The molecule has 3 nitrogen and oxygen atoms in total. The maximum atomic E-state index is 11.5. The van der Waals surface area contributed by atoms with Crippen LogP contribution in [-0.4, -0.2) is 26.5 Å². The molecule has 0 rings (SSSR count). The van der Waals surface area contributed by atoms with Gasteiger partial charge in [-0.25, -0.2) is 0 Å². The second-order valence-electron chi connectivity index (χ2n) is 7.67. The van der Waals surface area contributed by atoms with Gasteiger partial charge in [0.25, 0.3) is 0 Å². The fourth-order valence-electron chi connectivity index (χ4n) is 1.25. The Morgan fingerprint density at radius 3 is 2.05 bits per heavy atom. The van der Waals surface area contributed by atoms with Crippen LogP contribution in [0, 0.1) is 0 Å². The fourth-order valence-corrected chi connectivity index (χ4v) is 2.20. The van der Waals surface area contributed by atoms with Crippen LogP contribution in [0.4, 0.5) is 0 Å². The van der Waals surface area contributed by atoms with Crippen molar-refractivity contribution < 1.29 is 14.0 Å². The molecule has 0 bridgehead atoms. The molecule has 0 heterocycles. The van der Waals surface area contributed by atoms with Gasteiger partial charge < -0.3 is 9.16 Å². The first-order valence-electron chi connectivity index (χ1n) is 7.36. The van der Waals surface area contributed by atoms with E-state index in [1.807, 2.05) is 32.9 Å². The molecule has 0 fully saturated rings. The van der Waals surface area contributed by atoms with Crippen LogP contribution in [0.3, 0.4) is 0 Å². The minimum atomic E-state index is -1.66. The number of hydrogen-bond donors (Lipinski definition) is 0. The Morgan fingerprint density at radius 2 is 1.60 bits per heavy atom. The molecule has 0 aliphatic heterocycles. The molecule has 0 saturated carbocycles. The molecule has 0 radical (unpaired) electrons. The minimum Gasteiger partial charge on any atom is -0.460 e. The van der Waals surface area contributed by atoms with Gasteiger partial charge in [-0.05, 0) is 45.3 Å². The zero-order valence-electron chi connectivity index (χ0n) is 14.5. The van der Waals surface area contributed by atoms with Crippen LogP contribution in [0.1, 0.15) is 54.4 Å². The lowest BCUT2D eigenvalue weighted by atomic mass is 10.2. The molecule has 0 aliphatic carbocycles. The van der Waals surface area contributed by atoms with Gasteiger partial charge in [0.05, 0.1) is 6.61 Å². The number of rotatable bonds is 6. The van der Waals surface area contributed by atoms with Crippen LogP contribution in [0.2, 0.25) is 18.1 Å². The van der Waals surface area contributed by atoms with Gasteiger partial charge in [0.15, 0.2) is 8.32 Å². The summed E-state index contributed by atoms with van der Waals surface area (Å²) in [5.74, 6) is -0.146. The van der Waals surface area contributed by atoms with E-state index in [0.29, 0.717) is 19.4 Å². The van der Waals surface area contributed by atoms with E-state index in [4.69, 9.17) is 9.16 Å². The van der Waals surface area contributed by atoms with Crippen molar-refractivity contribution in [3.8, 4) is 0 Å². The van der Waals surface area contributed by atoms with Crippen molar-refractivity contribution >= 4 is 14.3 Å². The third kappa shape index (κ3) is 8.54. The lowest BCUT2D eigenvalue weighted by Gasteiger charge is -2.35. The highest BCUT2D eigenvalue weighted by Gasteiger charge is 2.36. The van der Waals surface area contributed by atoms with E-state index in [-0.39, 0.29) is 11.0 Å². The lowest BCUT2D eigenvalue weighted by Crippen LogP contribution is -2.40. The first-order chi connectivity index (χ1) is 8.85. The molecule has 0 aromatic rings. The third-order valence-electron chi connectivity index (χ3n) is 3.45. The van der Waals surface area contributed by atoms with Gasteiger partial charge in [-0.2, -0.15) is 0 Å². The maximum absolute atomic E-state index is 11.5. The predicted octanol–water partition coefficient (Wildman–Crippen LogP) is 4.69. The van der Waals surface area contributed by atoms with Crippen molar-refractivity contribution in [2.45, 2.75) is 78.1 Å². The third-order valence-corrected chi connectivity index (χ3v) is 7.95. The van der Waals surface area contributed by atoms with Gasteiger partial charge in [0.1, 0.15) is 5.60 Å². The summed E-state index contributed by atoms with van der Waals surface area (Å²) in [4.78, 5) is 11.5. The quantitative estimate of drug-likeness (QED) is 0.406. The number of ether oxygens (including phenoxy) is 1. The topological polar surface area (TPSA) is 35.5 Å². The molecule has 20 heavy (non-hydrogen) atoms. The van der Waals surface area contributed by atoms with Crippen LogP contribution in [0.5, 0.6) is 0 Å². The molecule has 0 aliphatic rings. The molecule has 0 saturated heterocycles. The summed E-state index contributed by atoms with van der Waals surface area (Å²) in [6.45, 7) is 17.4. The Hall–Kier alpha value is -0.613. The summed E-state index contributed by atoms with van der Waals surface area (Å²) in [6, 6.07) is 0. The second kappa shape index (κ2) is 7.41. The minimum absolute atomic E-state index is 0.146. The van der Waals surface area contributed by atoms with Crippen molar-refractivity contribution in [2.24, 2.45) is 0 Å². The Morgan fingerprint density at radius 1 is 1.05 bits per heavy atom. The molecule has 0 unspecified atom stereocenters. The van der Waals surface area contributed by atoms with E-state index in [0.717, 1.165) is 0 Å². The van der Waals surface area contributed by atoms with Crippen LogP contribution in [0.25, 0.3) is 0 Å². The molecule has 0 atom stereocenters. The number of carbonyl (C=O) groups excluding carboxylic acids is 1. The molecule has 0 spiro atoms. The highest BCUT2D eigenvalue weighted by atomic mass is 28.4. The van der Waals surface area contributed by atoms with Gasteiger partial charge in [-0.15, -0.1) is 0 Å². The maximum Gasteiger partial charge on any atom is 0.306 e. The van der Waals surface area contributed by atoms with Crippen LogP contribution in [-0.2, 0) is 14.0 Å². The number of carbonyl (C=O) groups is 1.